The number of nitrogens with one attached hydrogen (secondary N) is 1. The molecule has 0 aliphatic carbocycles. The summed E-state index contributed by atoms with van der Waals surface area (Å²) < 4.78 is 22.4. The summed E-state index contributed by atoms with van der Waals surface area (Å²) in [5.74, 6) is 0.305. The molecule has 1 aromatic carbocycles. The number of carbonyl (C=O) groups is 1. The Morgan fingerprint density at radius 2 is 2.19 bits per heavy atom. The summed E-state index contributed by atoms with van der Waals surface area (Å²) >= 11 is 5.56. The van der Waals surface area contributed by atoms with Gasteiger partial charge in [0.05, 0.1) is 26.4 Å². The molecule has 2 heterocycles. The number of para-hydroxylation sites is 1. The smallest absolute Gasteiger partial charge is 0.317 e. The van der Waals surface area contributed by atoms with Gasteiger partial charge in [0.2, 0.25) is 0 Å². The molecule has 0 amide bonds. The van der Waals surface area contributed by atoms with Gasteiger partial charge in [-0.2, -0.15) is 0 Å². The van der Waals surface area contributed by atoms with Gasteiger partial charge in [-0.15, -0.1) is 0 Å². The maximum absolute atomic E-state index is 12.8. The predicted octanol–water partition coefficient (Wildman–Crippen LogP) is 1.86. The lowest BCUT2D eigenvalue weighted by Gasteiger charge is -2.55. The third kappa shape index (κ3) is 2.87. The lowest BCUT2D eigenvalue weighted by atomic mass is 9.79. The van der Waals surface area contributed by atoms with Crippen LogP contribution in [0.25, 0.3) is 0 Å². The van der Waals surface area contributed by atoms with Crippen LogP contribution in [0.3, 0.4) is 0 Å². The highest BCUT2D eigenvalue weighted by Gasteiger charge is 2.59. The van der Waals surface area contributed by atoms with Crippen molar-refractivity contribution in [3.63, 3.8) is 0 Å². The molecule has 1 saturated heterocycles. The van der Waals surface area contributed by atoms with Crippen LogP contribution in [0.1, 0.15) is 25.5 Å². The molecule has 26 heavy (non-hydrogen) atoms. The van der Waals surface area contributed by atoms with Crippen LogP contribution in [0.15, 0.2) is 18.2 Å². The Hall–Kier alpha value is -2.06. The Morgan fingerprint density at radius 1 is 1.42 bits per heavy atom. The van der Waals surface area contributed by atoms with Crippen molar-refractivity contribution in [2.24, 2.45) is 5.92 Å². The number of nitrogens with zero attached hydrogens (tertiary/aromatic N) is 1. The normalized spacial score (nSPS) is 26.5. The summed E-state index contributed by atoms with van der Waals surface area (Å²) in [4.78, 5) is 14.7. The maximum Gasteiger partial charge on any atom is 0.317 e. The van der Waals surface area contributed by atoms with Crippen molar-refractivity contribution in [3.8, 4) is 11.5 Å². The Bertz CT molecular complexity index is 713. The molecule has 1 N–H and O–H groups in total. The minimum Gasteiger partial charge on any atom is -0.493 e. The van der Waals surface area contributed by atoms with Crippen molar-refractivity contribution in [3.05, 3.63) is 23.8 Å². The summed E-state index contributed by atoms with van der Waals surface area (Å²) in [6.45, 7) is 4.87. The van der Waals surface area contributed by atoms with Crippen LogP contribution in [0.5, 0.6) is 11.5 Å². The number of thiocarbonyl (C=S) groups is 1. The highest BCUT2D eigenvalue weighted by Crippen LogP contribution is 2.51. The Balaban J connectivity index is 2.12. The molecule has 142 valence electrons. The second-order valence-corrected chi connectivity index (χ2v) is 6.72. The van der Waals surface area contributed by atoms with Crippen molar-refractivity contribution < 1.29 is 23.7 Å². The first-order valence-corrected chi connectivity index (χ1v) is 8.98. The number of esters is 1. The highest BCUT2D eigenvalue weighted by atomic mass is 32.1. The number of ether oxygens (including phenoxy) is 4. The third-order valence-electron chi connectivity index (χ3n) is 4.90. The second-order valence-electron chi connectivity index (χ2n) is 6.34. The number of fused-ring (bicyclic) bond motifs is 4. The molecular weight excluding hydrogens is 356 g/mol. The molecule has 0 aromatic heterocycles. The van der Waals surface area contributed by atoms with Crippen molar-refractivity contribution >= 4 is 23.3 Å². The Labute approximate surface area is 158 Å². The zero-order chi connectivity index (χ0) is 18.9. The fraction of sp³-hybridized carbons (Fsp3) is 0.556. The van der Waals surface area contributed by atoms with Crippen molar-refractivity contribution in [1.82, 2.24) is 10.2 Å². The van der Waals surface area contributed by atoms with E-state index in [1.807, 2.05) is 30.0 Å². The molecule has 3 rings (SSSR count). The highest BCUT2D eigenvalue weighted by molar-refractivity contribution is 7.80. The van der Waals surface area contributed by atoms with Crippen LogP contribution in [0.4, 0.5) is 0 Å². The minimum absolute atomic E-state index is 0.297. The van der Waals surface area contributed by atoms with Crippen LogP contribution >= 0.6 is 12.2 Å². The molecule has 2 aliphatic heterocycles. The van der Waals surface area contributed by atoms with Crippen molar-refractivity contribution in [2.45, 2.75) is 25.6 Å². The number of hydrogen-bond acceptors (Lipinski definition) is 6. The average molecular weight is 380 g/mol. The fourth-order valence-corrected chi connectivity index (χ4v) is 4.10. The zero-order valence-corrected chi connectivity index (χ0v) is 16.2. The number of rotatable bonds is 6. The SMILES string of the molecule is CCOC(=O)[C@H]1[C@H]2NC(=S)N(CCOC)[C@@]1(C)Oc1c(OC)cccc12. The van der Waals surface area contributed by atoms with Crippen LogP contribution < -0.4 is 14.8 Å². The molecule has 0 spiro atoms. The van der Waals surface area contributed by atoms with Crippen LogP contribution in [-0.4, -0.2) is 55.7 Å². The summed E-state index contributed by atoms with van der Waals surface area (Å²) in [5, 5.41) is 3.81. The van der Waals surface area contributed by atoms with Gasteiger partial charge in [0.15, 0.2) is 22.3 Å². The van der Waals surface area contributed by atoms with E-state index in [-0.39, 0.29) is 12.0 Å². The molecule has 1 aromatic rings. The van der Waals surface area contributed by atoms with E-state index in [9.17, 15) is 4.79 Å². The van der Waals surface area contributed by atoms with E-state index in [0.29, 0.717) is 36.4 Å². The number of carbonyl (C=O) groups excluding carboxylic acids is 1. The van der Waals surface area contributed by atoms with E-state index in [2.05, 4.69) is 5.32 Å². The molecule has 7 nitrogen and oxygen atoms in total. The van der Waals surface area contributed by atoms with Gasteiger partial charge in [0.1, 0.15) is 5.92 Å². The molecule has 1 fully saturated rings. The quantitative estimate of drug-likeness (QED) is 0.592. The van der Waals surface area contributed by atoms with Gasteiger partial charge in [-0.1, -0.05) is 12.1 Å². The average Bonchev–Trinajstić information content (AvgIpc) is 2.60. The lowest BCUT2D eigenvalue weighted by molar-refractivity contribution is -0.176. The van der Waals surface area contributed by atoms with Crippen molar-refractivity contribution in [2.75, 3.05) is 34.0 Å². The van der Waals surface area contributed by atoms with E-state index >= 15 is 0 Å². The van der Waals surface area contributed by atoms with Crippen LogP contribution in [-0.2, 0) is 14.3 Å². The first kappa shape index (κ1) is 18.7. The molecule has 3 atom stereocenters. The molecule has 8 heteroatoms. The molecule has 0 unspecified atom stereocenters. The first-order chi connectivity index (χ1) is 12.5. The topological polar surface area (TPSA) is 69.3 Å². The third-order valence-corrected chi connectivity index (χ3v) is 5.24. The van der Waals surface area contributed by atoms with E-state index in [1.165, 1.54) is 0 Å². The number of methoxy groups -OCH3 is 2. The minimum atomic E-state index is -1.01. The molecule has 0 saturated carbocycles. The summed E-state index contributed by atoms with van der Waals surface area (Å²) in [7, 11) is 3.21. The maximum atomic E-state index is 12.8. The zero-order valence-electron chi connectivity index (χ0n) is 15.4. The first-order valence-electron chi connectivity index (χ1n) is 8.57. The van der Waals surface area contributed by atoms with E-state index in [1.54, 1.807) is 21.1 Å². The molecule has 0 radical (unpaired) electrons. The summed E-state index contributed by atoms with van der Waals surface area (Å²) in [6, 6.07) is 5.26. The number of hydrogen-bond donors (Lipinski definition) is 1. The molecule has 2 bridgehead atoms. The van der Waals surface area contributed by atoms with Gasteiger partial charge >= 0.3 is 5.97 Å². The van der Waals surface area contributed by atoms with Gasteiger partial charge in [-0.25, -0.2) is 0 Å². The fourth-order valence-electron chi connectivity index (χ4n) is 3.70. The van der Waals surface area contributed by atoms with Crippen LogP contribution in [0, 0.1) is 5.92 Å². The van der Waals surface area contributed by atoms with Gasteiger partial charge in [0.25, 0.3) is 0 Å². The Kier molecular flexibility index (Phi) is 5.24. The summed E-state index contributed by atoms with van der Waals surface area (Å²) in [6.07, 6.45) is 0. The summed E-state index contributed by atoms with van der Waals surface area (Å²) in [5.41, 5.74) is -0.187. The van der Waals surface area contributed by atoms with E-state index < -0.39 is 11.6 Å². The van der Waals surface area contributed by atoms with E-state index in [4.69, 9.17) is 31.2 Å². The number of benzene rings is 1. The van der Waals surface area contributed by atoms with Gasteiger partial charge in [-0.3, -0.25) is 4.79 Å². The molecule has 2 aliphatic rings. The Morgan fingerprint density at radius 3 is 2.85 bits per heavy atom. The second kappa shape index (κ2) is 7.28. The van der Waals surface area contributed by atoms with Gasteiger partial charge < -0.3 is 29.2 Å². The van der Waals surface area contributed by atoms with Gasteiger partial charge in [0, 0.05) is 19.2 Å². The van der Waals surface area contributed by atoms with Crippen LogP contribution in [0.2, 0.25) is 0 Å². The van der Waals surface area contributed by atoms with Gasteiger partial charge in [-0.05, 0) is 32.1 Å². The molecular formula is C18H24N2O5S. The van der Waals surface area contributed by atoms with E-state index in [0.717, 1.165) is 5.56 Å². The predicted molar refractivity (Wildman–Crippen MR) is 99.2 cm³/mol. The lowest BCUT2D eigenvalue weighted by Crippen LogP contribution is -2.71. The monoisotopic (exact) mass is 380 g/mol. The van der Waals surface area contributed by atoms with Crippen molar-refractivity contribution in [1.29, 1.82) is 0 Å². The standard InChI is InChI=1S/C18H24N2O5S/c1-5-24-16(21)13-14-11-7-6-8-12(23-4)15(11)25-18(13,2)20(9-10-22-3)17(26)19-14/h6-8,13-14H,5,9-10H2,1-4H3,(H,19,26)/t13-,14+,18+/m1/s1. The largest absolute Gasteiger partial charge is 0.493 e.